The van der Waals surface area contributed by atoms with E-state index in [4.69, 9.17) is 5.11 Å². The number of hydrogen-bond acceptors (Lipinski definition) is 2. The Bertz CT molecular complexity index is 501. The van der Waals surface area contributed by atoms with Gasteiger partial charge in [-0.25, -0.2) is 4.79 Å². The normalized spacial score (nSPS) is 19.1. The second-order valence-corrected chi connectivity index (χ2v) is 5.36. The average Bonchev–Trinajstić information content (AvgIpc) is 2.47. The van der Waals surface area contributed by atoms with Gasteiger partial charge < -0.3 is 15.3 Å². The third kappa shape index (κ3) is 4.13. The first-order valence-electron chi connectivity index (χ1n) is 7.27. The maximum absolute atomic E-state index is 12.5. The molecule has 1 saturated heterocycles. The van der Waals surface area contributed by atoms with E-state index in [0.717, 1.165) is 31.4 Å². The van der Waals surface area contributed by atoms with Crippen molar-refractivity contribution in [3.63, 3.8) is 0 Å². The SMILES string of the molecule is O=C(Nc1ccc(C(F)(F)F)cc1)N1CCCCC1CCO. The van der Waals surface area contributed by atoms with Crippen LogP contribution in [0.4, 0.5) is 23.7 Å². The molecule has 0 aromatic heterocycles. The number of amides is 2. The largest absolute Gasteiger partial charge is 0.416 e. The van der Waals surface area contributed by atoms with Gasteiger partial charge >= 0.3 is 12.2 Å². The van der Waals surface area contributed by atoms with E-state index in [0.29, 0.717) is 18.7 Å². The molecule has 0 saturated carbocycles. The Labute approximate surface area is 126 Å². The van der Waals surface area contributed by atoms with Gasteiger partial charge in [0.25, 0.3) is 0 Å². The maximum Gasteiger partial charge on any atom is 0.416 e. The maximum atomic E-state index is 12.5. The van der Waals surface area contributed by atoms with Crippen molar-refractivity contribution < 1.29 is 23.1 Å². The number of anilines is 1. The molecule has 1 unspecified atom stereocenters. The minimum absolute atomic E-state index is 0.00866. The fourth-order valence-electron chi connectivity index (χ4n) is 2.65. The van der Waals surface area contributed by atoms with E-state index < -0.39 is 11.7 Å². The number of piperidine rings is 1. The fourth-order valence-corrected chi connectivity index (χ4v) is 2.65. The summed E-state index contributed by atoms with van der Waals surface area (Å²) in [5, 5.41) is 11.7. The Morgan fingerprint density at radius 2 is 1.95 bits per heavy atom. The summed E-state index contributed by atoms with van der Waals surface area (Å²) in [4.78, 5) is 13.9. The second kappa shape index (κ2) is 7.00. The van der Waals surface area contributed by atoms with E-state index in [-0.39, 0.29) is 18.7 Å². The van der Waals surface area contributed by atoms with Crippen molar-refractivity contribution in [1.29, 1.82) is 0 Å². The standard InChI is InChI=1S/C15H19F3N2O2/c16-15(17,18)11-4-6-12(7-5-11)19-14(22)20-9-2-1-3-13(20)8-10-21/h4-7,13,21H,1-3,8-10H2,(H,19,22). The summed E-state index contributed by atoms with van der Waals surface area (Å²) >= 11 is 0. The number of aliphatic hydroxyl groups excluding tert-OH is 1. The van der Waals surface area contributed by atoms with Gasteiger partial charge in [0.05, 0.1) is 5.56 Å². The van der Waals surface area contributed by atoms with Gasteiger partial charge in [0, 0.05) is 24.9 Å². The van der Waals surface area contributed by atoms with Crippen molar-refractivity contribution in [2.75, 3.05) is 18.5 Å². The van der Waals surface area contributed by atoms with Gasteiger partial charge in [-0.3, -0.25) is 0 Å². The second-order valence-electron chi connectivity index (χ2n) is 5.36. The van der Waals surface area contributed by atoms with Gasteiger partial charge in [0.1, 0.15) is 0 Å². The molecule has 122 valence electrons. The zero-order chi connectivity index (χ0) is 16.2. The highest BCUT2D eigenvalue weighted by Gasteiger charge is 2.30. The first-order valence-corrected chi connectivity index (χ1v) is 7.27. The van der Waals surface area contributed by atoms with Crippen LogP contribution in [-0.2, 0) is 6.18 Å². The van der Waals surface area contributed by atoms with Crippen molar-refractivity contribution in [2.45, 2.75) is 37.9 Å². The van der Waals surface area contributed by atoms with Crippen molar-refractivity contribution in [2.24, 2.45) is 0 Å². The monoisotopic (exact) mass is 316 g/mol. The summed E-state index contributed by atoms with van der Waals surface area (Å²) in [6, 6.07) is 4.01. The van der Waals surface area contributed by atoms with E-state index in [1.165, 1.54) is 12.1 Å². The lowest BCUT2D eigenvalue weighted by molar-refractivity contribution is -0.137. The summed E-state index contributed by atoms with van der Waals surface area (Å²) < 4.78 is 37.5. The Morgan fingerprint density at radius 3 is 2.55 bits per heavy atom. The predicted octanol–water partition coefficient (Wildman–Crippen LogP) is 3.47. The molecule has 0 bridgehead atoms. The van der Waals surface area contributed by atoms with E-state index in [1.54, 1.807) is 4.90 Å². The van der Waals surface area contributed by atoms with Crippen LogP contribution in [0.15, 0.2) is 24.3 Å². The number of nitrogens with one attached hydrogen (secondary N) is 1. The van der Waals surface area contributed by atoms with Gasteiger partial charge in [-0.2, -0.15) is 13.2 Å². The topological polar surface area (TPSA) is 52.6 Å². The molecule has 0 aliphatic carbocycles. The molecule has 2 amide bonds. The number of likely N-dealkylation sites (tertiary alicyclic amines) is 1. The molecule has 0 spiro atoms. The molecular weight excluding hydrogens is 297 g/mol. The fraction of sp³-hybridized carbons (Fsp3) is 0.533. The molecule has 1 aliphatic heterocycles. The van der Waals surface area contributed by atoms with Crippen LogP contribution in [0, 0.1) is 0 Å². The quantitative estimate of drug-likeness (QED) is 0.897. The highest BCUT2D eigenvalue weighted by molar-refractivity contribution is 5.89. The Morgan fingerprint density at radius 1 is 1.27 bits per heavy atom. The molecule has 7 heteroatoms. The lowest BCUT2D eigenvalue weighted by Gasteiger charge is -2.35. The van der Waals surface area contributed by atoms with Crippen LogP contribution >= 0.6 is 0 Å². The minimum Gasteiger partial charge on any atom is -0.396 e. The summed E-state index contributed by atoms with van der Waals surface area (Å²) in [5.41, 5.74) is -0.423. The Hall–Kier alpha value is -1.76. The molecule has 1 aromatic carbocycles. The van der Waals surface area contributed by atoms with Crippen LogP contribution in [0.5, 0.6) is 0 Å². The summed E-state index contributed by atoms with van der Waals surface area (Å²) in [6.07, 6.45) is -1.14. The number of carbonyl (C=O) groups excluding carboxylic acids is 1. The number of aliphatic hydroxyl groups is 1. The molecule has 2 N–H and O–H groups in total. The highest BCUT2D eigenvalue weighted by atomic mass is 19.4. The first-order chi connectivity index (χ1) is 10.4. The zero-order valence-corrected chi connectivity index (χ0v) is 12.1. The molecule has 1 aromatic rings. The number of halogens is 3. The van der Waals surface area contributed by atoms with E-state index in [2.05, 4.69) is 5.32 Å². The van der Waals surface area contributed by atoms with Gasteiger partial charge in [0.2, 0.25) is 0 Å². The van der Waals surface area contributed by atoms with Crippen molar-refractivity contribution in [1.82, 2.24) is 4.90 Å². The minimum atomic E-state index is -4.39. The summed E-state index contributed by atoms with van der Waals surface area (Å²) in [5.74, 6) is 0. The van der Waals surface area contributed by atoms with Crippen LogP contribution in [0.2, 0.25) is 0 Å². The van der Waals surface area contributed by atoms with Gasteiger partial charge in [-0.1, -0.05) is 0 Å². The lowest BCUT2D eigenvalue weighted by Crippen LogP contribution is -2.46. The van der Waals surface area contributed by atoms with Crippen LogP contribution in [0.25, 0.3) is 0 Å². The predicted molar refractivity (Wildman–Crippen MR) is 76.5 cm³/mol. The molecule has 2 rings (SSSR count). The van der Waals surface area contributed by atoms with Crippen molar-refractivity contribution in [3.05, 3.63) is 29.8 Å². The van der Waals surface area contributed by atoms with Crippen LogP contribution in [-0.4, -0.2) is 35.2 Å². The summed E-state index contributed by atoms with van der Waals surface area (Å²) in [7, 11) is 0. The molecule has 1 atom stereocenters. The highest BCUT2D eigenvalue weighted by Crippen LogP contribution is 2.30. The molecule has 0 radical (unpaired) electrons. The number of rotatable bonds is 3. The molecule has 4 nitrogen and oxygen atoms in total. The van der Waals surface area contributed by atoms with Crippen LogP contribution in [0.3, 0.4) is 0 Å². The number of carbonyl (C=O) groups is 1. The molecule has 1 aliphatic rings. The number of hydrogen-bond donors (Lipinski definition) is 2. The third-order valence-electron chi connectivity index (χ3n) is 3.81. The Kier molecular flexibility index (Phi) is 5.28. The van der Waals surface area contributed by atoms with E-state index in [9.17, 15) is 18.0 Å². The lowest BCUT2D eigenvalue weighted by atomic mass is 10.0. The number of alkyl halides is 3. The zero-order valence-electron chi connectivity index (χ0n) is 12.1. The number of nitrogens with zero attached hydrogens (tertiary/aromatic N) is 1. The van der Waals surface area contributed by atoms with Crippen LogP contribution in [0.1, 0.15) is 31.2 Å². The average molecular weight is 316 g/mol. The third-order valence-corrected chi connectivity index (χ3v) is 3.81. The molecule has 1 heterocycles. The smallest absolute Gasteiger partial charge is 0.396 e. The molecule has 22 heavy (non-hydrogen) atoms. The number of urea groups is 1. The Balaban J connectivity index is 2.01. The first kappa shape index (κ1) is 16.6. The number of benzene rings is 1. The molecule has 1 fully saturated rings. The van der Waals surface area contributed by atoms with Crippen LogP contribution < -0.4 is 5.32 Å². The van der Waals surface area contributed by atoms with Gasteiger partial charge in [-0.15, -0.1) is 0 Å². The van der Waals surface area contributed by atoms with Crippen molar-refractivity contribution >= 4 is 11.7 Å². The van der Waals surface area contributed by atoms with E-state index in [1.807, 2.05) is 0 Å². The van der Waals surface area contributed by atoms with E-state index >= 15 is 0 Å². The summed E-state index contributed by atoms with van der Waals surface area (Å²) in [6.45, 7) is 0.603. The van der Waals surface area contributed by atoms with Crippen molar-refractivity contribution in [3.8, 4) is 0 Å². The van der Waals surface area contributed by atoms with Gasteiger partial charge in [-0.05, 0) is 49.9 Å². The van der Waals surface area contributed by atoms with Gasteiger partial charge in [0.15, 0.2) is 0 Å². The molecular formula is C15H19F3N2O2.